The van der Waals surface area contributed by atoms with Crippen LogP contribution in [0.25, 0.3) is 0 Å². The second kappa shape index (κ2) is 5.81. The highest BCUT2D eigenvalue weighted by Crippen LogP contribution is 2.25. The fraction of sp³-hybridized carbons (Fsp3) is 0.429. The normalized spacial score (nSPS) is 14.8. The van der Waals surface area contributed by atoms with Crippen LogP contribution in [0.5, 0.6) is 5.75 Å². The second-order valence-corrected chi connectivity index (χ2v) is 4.92. The number of urea groups is 1. The lowest BCUT2D eigenvalue weighted by molar-refractivity contribution is -0.139. The van der Waals surface area contributed by atoms with Crippen LogP contribution < -0.4 is 4.90 Å². The number of aromatic hydroxyl groups is 1. The molecule has 2 rings (SSSR count). The summed E-state index contributed by atoms with van der Waals surface area (Å²) >= 11 is 0. The first kappa shape index (κ1) is 14.2. The van der Waals surface area contributed by atoms with Gasteiger partial charge in [-0.25, -0.2) is 4.79 Å². The molecule has 20 heavy (non-hydrogen) atoms. The number of amides is 2. The molecule has 2 amide bonds. The standard InChI is InChI=1S/C14H18N2O4/c1-2-16(11-4-3-5-12(17)7-11)14(20)15-8-10(9-15)6-13(18)19/h3-5,7,10,17H,2,6,8-9H2,1H3,(H,18,19). The summed E-state index contributed by atoms with van der Waals surface area (Å²) in [4.78, 5) is 26.1. The van der Waals surface area contributed by atoms with E-state index in [2.05, 4.69) is 0 Å². The summed E-state index contributed by atoms with van der Waals surface area (Å²) in [5, 5.41) is 18.2. The first-order chi connectivity index (χ1) is 9.51. The van der Waals surface area contributed by atoms with Crippen molar-refractivity contribution in [1.82, 2.24) is 4.90 Å². The number of phenolic OH excluding ortho intramolecular Hbond substituents is 1. The van der Waals surface area contributed by atoms with E-state index in [1.54, 1.807) is 28.0 Å². The van der Waals surface area contributed by atoms with Crippen molar-refractivity contribution >= 4 is 17.7 Å². The van der Waals surface area contributed by atoms with Gasteiger partial charge in [0, 0.05) is 37.3 Å². The number of carboxylic acid groups (broad SMARTS) is 1. The zero-order chi connectivity index (χ0) is 14.7. The van der Waals surface area contributed by atoms with Crippen LogP contribution in [0, 0.1) is 5.92 Å². The number of hydrogen-bond donors (Lipinski definition) is 2. The summed E-state index contributed by atoms with van der Waals surface area (Å²) in [7, 11) is 0. The maximum atomic E-state index is 12.3. The van der Waals surface area contributed by atoms with E-state index in [1.165, 1.54) is 6.07 Å². The maximum Gasteiger partial charge on any atom is 0.324 e. The van der Waals surface area contributed by atoms with Crippen LogP contribution >= 0.6 is 0 Å². The Morgan fingerprint density at radius 2 is 2.10 bits per heavy atom. The highest BCUT2D eigenvalue weighted by Gasteiger charge is 2.34. The molecule has 0 bridgehead atoms. The molecule has 6 heteroatoms. The van der Waals surface area contributed by atoms with Crippen LogP contribution in [0.1, 0.15) is 13.3 Å². The van der Waals surface area contributed by atoms with Crippen molar-refractivity contribution in [2.75, 3.05) is 24.5 Å². The van der Waals surface area contributed by atoms with Crippen molar-refractivity contribution in [3.05, 3.63) is 24.3 Å². The lowest BCUT2D eigenvalue weighted by Gasteiger charge is -2.41. The van der Waals surface area contributed by atoms with E-state index in [0.717, 1.165) is 0 Å². The first-order valence-electron chi connectivity index (χ1n) is 6.58. The molecule has 1 aliphatic heterocycles. The number of nitrogens with zero attached hydrogens (tertiary/aromatic N) is 2. The summed E-state index contributed by atoms with van der Waals surface area (Å²) in [5.74, 6) is -0.678. The molecule has 0 saturated carbocycles. The quantitative estimate of drug-likeness (QED) is 0.879. The first-order valence-corrected chi connectivity index (χ1v) is 6.58. The third-order valence-electron chi connectivity index (χ3n) is 3.38. The molecule has 108 valence electrons. The van der Waals surface area contributed by atoms with Crippen molar-refractivity contribution in [2.45, 2.75) is 13.3 Å². The molecule has 1 aliphatic rings. The van der Waals surface area contributed by atoms with E-state index in [0.29, 0.717) is 25.3 Å². The Kier molecular flexibility index (Phi) is 4.12. The summed E-state index contributed by atoms with van der Waals surface area (Å²) in [6.07, 6.45) is 0.0992. The summed E-state index contributed by atoms with van der Waals surface area (Å²) in [5.41, 5.74) is 0.638. The summed E-state index contributed by atoms with van der Waals surface area (Å²) in [6, 6.07) is 6.38. The van der Waals surface area contributed by atoms with Gasteiger partial charge in [-0.1, -0.05) is 6.07 Å². The number of likely N-dealkylation sites (tertiary alicyclic amines) is 1. The van der Waals surface area contributed by atoms with Gasteiger partial charge in [-0.05, 0) is 19.1 Å². The highest BCUT2D eigenvalue weighted by molar-refractivity contribution is 5.92. The smallest absolute Gasteiger partial charge is 0.324 e. The van der Waals surface area contributed by atoms with E-state index in [1.807, 2.05) is 6.92 Å². The predicted molar refractivity (Wildman–Crippen MR) is 73.8 cm³/mol. The number of anilines is 1. The molecule has 0 spiro atoms. The Bertz CT molecular complexity index is 512. The molecule has 1 heterocycles. The van der Waals surface area contributed by atoms with Gasteiger partial charge in [0.2, 0.25) is 0 Å². The second-order valence-electron chi connectivity index (χ2n) is 4.92. The van der Waals surface area contributed by atoms with Crippen LogP contribution in [0.4, 0.5) is 10.5 Å². The van der Waals surface area contributed by atoms with Gasteiger partial charge in [0.1, 0.15) is 5.75 Å². The van der Waals surface area contributed by atoms with Gasteiger partial charge in [0.15, 0.2) is 0 Å². The number of aliphatic carboxylic acids is 1. The molecule has 1 fully saturated rings. The molecule has 0 unspecified atom stereocenters. The van der Waals surface area contributed by atoms with E-state index >= 15 is 0 Å². The lowest BCUT2D eigenvalue weighted by atomic mass is 9.97. The molecule has 1 aromatic carbocycles. The number of carboxylic acids is 1. The minimum atomic E-state index is -0.831. The molecule has 0 aromatic heterocycles. The molecule has 0 atom stereocenters. The summed E-state index contributed by atoms with van der Waals surface area (Å²) in [6.45, 7) is 3.29. The number of hydrogen-bond acceptors (Lipinski definition) is 3. The van der Waals surface area contributed by atoms with Gasteiger partial charge in [0.25, 0.3) is 0 Å². The Hall–Kier alpha value is -2.24. The highest BCUT2D eigenvalue weighted by atomic mass is 16.4. The van der Waals surface area contributed by atoms with Crippen LogP contribution in [0.15, 0.2) is 24.3 Å². The van der Waals surface area contributed by atoms with Crippen LogP contribution in [-0.2, 0) is 4.79 Å². The van der Waals surface area contributed by atoms with Crippen molar-refractivity contribution in [3.8, 4) is 5.75 Å². The lowest BCUT2D eigenvalue weighted by Crippen LogP contribution is -2.55. The minimum absolute atomic E-state index is 0.0410. The molecule has 6 nitrogen and oxygen atoms in total. The zero-order valence-electron chi connectivity index (χ0n) is 11.3. The largest absolute Gasteiger partial charge is 0.508 e. The third-order valence-corrected chi connectivity index (χ3v) is 3.38. The summed E-state index contributed by atoms with van der Waals surface area (Å²) < 4.78 is 0. The molecular weight excluding hydrogens is 260 g/mol. The Balaban J connectivity index is 1.99. The van der Waals surface area contributed by atoms with Crippen molar-refractivity contribution < 1.29 is 19.8 Å². The number of phenols is 1. The number of benzene rings is 1. The molecule has 2 N–H and O–H groups in total. The van der Waals surface area contributed by atoms with Crippen molar-refractivity contribution in [3.63, 3.8) is 0 Å². The van der Waals surface area contributed by atoms with Gasteiger partial charge < -0.3 is 15.1 Å². The van der Waals surface area contributed by atoms with Crippen LogP contribution in [-0.4, -0.2) is 46.7 Å². The number of rotatable bonds is 4. The molecule has 1 aromatic rings. The molecule has 0 radical (unpaired) electrons. The maximum absolute atomic E-state index is 12.3. The minimum Gasteiger partial charge on any atom is -0.508 e. The number of carbonyl (C=O) groups is 2. The molecule has 1 saturated heterocycles. The third kappa shape index (κ3) is 3.01. The SMILES string of the molecule is CCN(C(=O)N1CC(CC(=O)O)C1)c1cccc(O)c1. The number of carbonyl (C=O) groups excluding carboxylic acids is 1. The Morgan fingerprint density at radius 1 is 1.40 bits per heavy atom. The molecular formula is C14H18N2O4. The Morgan fingerprint density at radius 3 is 2.65 bits per heavy atom. The van der Waals surface area contributed by atoms with Crippen LogP contribution in [0.3, 0.4) is 0 Å². The van der Waals surface area contributed by atoms with Gasteiger partial charge in [-0.3, -0.25) is 9.69 Å². The van der Waals surface area contributed by atoms with E-state index in [-0.39, 0.29) is 24.1 Å². The van der Waals surface area contributed by atoms with Gasteiger partial charge in [0.05, 0.1) is 6.42 Å². The van der Waals surface area contributed by atoms with Gasteiger partial charge in [-0.2, -0.15) is 0 Å². The monoisotopic (exact) mass is 278 g/mol. The zero-order valence-corrected chi connectivity index (χ0v) is 11.3. The predicted octanol–water partition coefficient (Wildman–Crippen LogP) is 1.75. The van der Waals surface area contributed by atoms with E-state index < -0.39 is 5.97 Å². The van der Waals surface area contributed by atoms with Gasteiger partial charge in [-0.15, -0.1) is 0 Å². The van der Waals surface area contributed by atoms with Crippen LogP contribution in [0.2, 0.25) is 0 Å². The Labute approximate surface area is 117 Å². The fourth-order valence-corrected chi connectivity index (χ4v) is 2.36. The average molecular weight is 278 g/mol. The average Bonchev–Trinajstić information content (AvgIpc) is 2.34. The van der Waals surface area contributed by atoms with Crippen molar-refractivity contribution in [2.24, 2.45) is 5.92 Å². The van der Waals surface area contributed by atoms with E-state index in [9.17, 15) is 14.7 Å². The fourth-order valence-electron chi connectivity index (χ4n) is 2.36. The van der Waals surface area contributed by atoms with E-state index in [4.69, 9.17) is 5.11 Å². The van der Waals surface area contributed by atoms with Gasteiger partial charge >= 0.3 is 12.0 Å². The topological polar surface area (TPSA) is 81.1 Å². The molecule has 0 aliphatic carbocycles. The van der Waals surface area contributed by atoms with Crippen molar-refractivity contribution in [1.29, 1.82) is 0 Å².